The van der Waals surface area contributed by atoms with Crippen molar-refractivity contribution in [1.82, 2.24) is 10.2 Å². The number of carbonyl (C=O) groups is 1. The number of alkyl halides is 2. The van der Waals surface area contributed by atoms with Gasteiger partial charge >= 0.3 is 0 Å². The lowest BCUT2D eigenvalue weighted by molar-refractivity contribution is -0.130. The summed E-state index contributed by atoms with van der Waals surface area (Å²) < 4.78 is 61.8. The number of hydrogen-bond acceptors (Lipinski definition) is 5. The molecule has 0 unspecified atom stereocenters. The highest BCUT2D eigenvalue weighted by molar-refractivity contribution is 6.01. The summed E-state index contributed by atoms with van der Waals surface area (Å²) in [6.07, 6.45) is -0.292. The lowest BCUT2D eigenvalue weighted by Crippen LogP contribution is -2.80. The minimum atomic E-state index is -2.97. The van der Waals surface area contributed by atoms with Crippen LogP contribution in [0.4, 0.5) is 28.9 Å². The quantitative estimate of drug-likeness (QED) is 0.486. The third kappa shape index (κ3) is 4.54. The Labute approximate surface area is 214 Å². The fourth-order valence-electron chi connectivity index (χ4n) is 5.95. The van der Waals surface area contributed by atoms with Crippen molar-refractivity contribution >= 4 is 17.3 Å². The summed E-state index contributed by atoms with van der Waals surface area (Å²) in [5, 5.41) is 6.16. The second kappa shape index (κ2) is 9.47. The molecular weight excluding hydrogens is 488 g/mol. The Morgan fingerprint density at radius 3 is 2.35 bits per heavy atom. The van der Waals surface area contributed by atoms with Crippen molar-refractivity contribution < 1.29 is 27.1 Å². The Morgan fingerprint density at radius 1 is 1.08 bits per heavy atom. The minimum Gasteiger partial charge on any atom is -0.379 e. The third-order valence-electron chi connectivity index (χ3n) is 8.14. The Hall–Kier alpha value is -2.85. The van der Waals surface area contributed by atoms with Crippen LogP contribution in [0, 0.1) is 11.6 Å². The predicted octanol–water partition coefficient (Wildman–Crippen LogP) is 4.88. The number of carbonyl (C=O) groups excluding carboxylic acids is 1. The molecule has 0 radical (unpaired) electrons. The second-order valence-electron chi connectivity index (χ2n) is 10.7. The number of morpholine rings is 1. The van der Waals surface area contributed by atoms with E-state index in [0.717, 1.165) is 25.3 Å². The molecule has 0 aromatic heterocycles. The summed E-state index contributed by atoms with van der Waals surface area (Å²) in [5.41, 5.74) is 0.0787. The van der Waals surface area contributed by atoms with Gasteiger partial charge in [-0.2, -0.15) is 0 Å². The van der Waals surface area contributed by atoms with E-state index < -0.39 is 35.6 Å². The predicted molar refractivity (Wildman–Crippen MR) is 133 cm³/mol. The van der Waals surface area contributed by atoms with E-state index in [0.29, 0.717) is 37.7 Å². The van der Waals surface area contributed by atoms with Gasteiger partial charge in [0.1, 0.15) is 11.6 Å². The van der Waals surface area contributed by atoms with Gasteiger partial charge in [-0.25, -0.2) is 17.6 Å². The van der Waals surface area contributed by atoms with Crippen molar-refractivity contribution in [2.45, 2.75) is 49.7 Å². The molecule has 1 amide bonds. The molecule has 2 bridgehead atoms. The summed E-state index contributed by atoms with van der Waals surface area (Å²) in [6, 6.07) is 5.72. The Kier molecular flexibility index (Phi) is 6.60. The van der Waals surface area contributed by atoms with E-state index in [1.165, 1.54) is 31.2 Å². The standard InChI is InChI=1S/C27H32F4N4O2/c1-16(17-5-4-6-18(23(17)29)24(30)31)32-25(36)19-11-22(35-7-9-37-10-8-35)20(28)12-21(19)33-26-13-27(14-26,15-26)34(2)3/h4-6,11-12,16,24,33H,7-10,13-15H2,1-3H3,(H,32,36)/t16-,26?,27?/m1/s1. The summed E-state index contributed by atoms with van der Waals surface area (Å²) in [7, 11) is 4.09. The van der Waals surface area contributed by atoms with E-state index in [-0.39, 0.29) is 22.2 Å². The molecule has 4 aliphatic rings. The molecule has 1 aliphatic heterocycles. The van der Waals surface area contributed by atoms with E-state index in [2.05, 4.69) is 15.5 Å². The Morgan fingerprint density at radius 2 is 1.73 bits per heavy atom. The number of ether oxygens (including phenoxy) is 1. The first-order chi connectivity index (χ1) is 17.5. The van der Waals surface area contributed by atoms with Crippen molar-refractivity contribution in [3.63, 3.8) is 0 Å². The van der Waals surface area contributed by atoms with Gasteiger partial charge in [-0.1, -0.05) is 18.2 Å². The molecule has 200 valence electrons. The van der Waals surface area contributed by atoms with Crippen LogP contribution >= 0.6 is 0 Å². The summed E-state index contributed by atoms with van der Waals surface area (Å²) in [5.74, 6) is -2.03. The van der Waals surface area contributed by atoms with Gasteiger partial charge in [-0.15, -0.1) is 0 Å². The number of rotatable bonds is 8. The number of nitrogens with one attached hydrogen (secondary N) is 2. The van der Waals surface area contributed by atoms with Gasteiger partial charge in [-0.05, 0) is 52.4 Å². The van der Waals surface area contributed by atoms with Crippen molar-refractivity contribution in [3.05, 3.63) is 58.7 Å². The second-order valence-corrected chi connectivity index (χ2v) is 10.7. The van der Waals surface area contributed by atoms with Crippen LogP contribution in [0.5, 0.6) is 0 Å². The Balaban J connectivity index is 1.43. The largest absolute Gasteiger partial charge is 0.379 e. The molecule has 0 spiro atoms. The first-order valence-electron chi connectivity index (χ1n) is 12.5. The fourth-order valence-corrected chi connectivity index (χ4v) is 5.95. The van der Waals surface area contributed by atoms with Crippen LogP contribution < -0.4 is 15.5 Å². The summed E-state index contributed by atoms with van der Waals surface area (Å²) >= 11 is 0. The van der Waals surface area contributed by atoms with Gasteiger partial charge in [0, 0.05) is 29.7 Å². The zero-order valence-electron chi connectivity index (χ0n) is 21.2. The van der Waals surface area contributed by atoms with Gasteiger partial charge in [0.15, 0.2) is 0 Å². The monoisotopic (exact) mass is 520 g/mol. The van der Waals surface area contributed by atoms with Crippen LogP contribution in [0.3, 0.4) is 0 Å². The maximum Gasteiger partial charge on any atom is 0.266 e. The lowest BCUT2D eigenvalue weighted by atomic mass is 9.43. The van der Waals surface area contributed by atoms with Gasteiger partial charge in [0.25, 0.3) is 12.3 Å². The zero-order chi connectivity index (χ0) is 26.5. The highest BCUT2D eigenvalue weighted by atomic mass is 19.3. The number of anilines is 2. The van der Waals surface area contributed by atoms with E-state index in [1.807, 2.05) is 19.0 Å². The number of hydrogen-bond donors (Lipinski definition) is 2. The fraction of sp³-hybridized carbons (Fsp3) is 0.519. The van der Waals surface area contributed by atoms with Crippen molar-refractivity contribution in [1.29, 1.82) is 0 Å². The molecule has 4 fully saturated rings. The minimum absolute atomic E-state index is 0.0384. The van der Waals surface area contributed by atoms with Gasteiger partial charge < -0.3 is 25.2 Å². The average molecular weight is 521 g/mol. The molecular formula is C27H32F4N4O2. The molecule has 1 heterocycles. The van der Waals surface area contributed by atoms with Crippen LogP contribution in [0.1, 0.15) is 60.1 Å². The maximum absolute atomic E-state index is 15.3. The number of benzene rings is 2. The van der Waals surface area contributed by atoms with Crippen molar-refractivity contribution in [2.75, 3.05) is 50.6 Å². The van der Waals surface area contributed by atoms with Crippen LogP contribution in [-0.2, 0) is 4.74 Å². The zero-order valence-corrected chi connectivity index (χ0v) is 21.2. The van der Waals surface area contributed by atoms with Crippen LogP contribution in [0.15, 0.2) is 30.3 Å². The highest BCUT2D eigenvalue weighted by Gasteiger charge is 2.69. The summed E-state index contributed by atoms with van der Waals surface area (Å²) in [4.78, 5) is 17.5. The van der Waals surface area contributed by atoms with Crippen molar-refractivity contribution in [2.24, 2.45) is 0 Å². The van der Waals surface area contributed by atoms with E-state index in [1.54, 1.807) is 0 Å². The molecule has 1 atom stereocenters. The smallest absolute Gasteiger partial charge is 0.266 e. The maximum atomic E-state index is 15.3. The molecule has 3 aliphatic carbocycles. The first-order valence-corrected chi connectivity index (χ1v) is 12.5. The highest BCUT2D eigenvalue weighted by Crippen LogP contribution is 2.64. The molecule has 37 heavy (non-hydrogen) atoms. The first kappa shape index (κ1) is 25.8. The molecule has 1 saturated heterocycles. The van der Waals surface area contributed by atoms with Crippen LogP contribution in [0.2, 0.25) is 0 Å². The normalized spacial score (nSPS) is 25.5. The molecule has 2 aromatic carbocycles. The molecule has 2 N–H and O–H groups in total. The van der Waals surface area contributed by atoms with Crippen molar-refractivity contribution in [3.8, 4) is 0 Å². The molecule has 3 saturated carbocycles. The van der Waals surface area contributed by atoms with E-state index >= 15 is 4.39 Å². The molecule has 6 nitrogen and oxygen atoms in total. The topological polar surface area (TPSA) is 56.8 Å². The van der Waals surface area contributed by atoms with Crippen LogP contribution in [0.25, 0.3) is 0 Å². The summed E-state index contributed by atoms with van der Waals surface area (Å²) in [6.45, 7) is 3.41. The van der Waals surface area contributed by atoms with Gasteiger partial charge in [0.05, 0.1) is 41.8 Å². The number of halogens is 4. The molecule has 10 heteroatoms. The van der Waals surface area contributed by atoms with E-state index in [4.69, 9.17) is 4.74 Å². The van der Waals surface area contributed by atoms with Gasteiger partial charge in [0.2, 0.25) is 0 Å². The average Bonchev–Trinajstić information content (AvgIpc) is 2.80. The number of nitrogens with zero attached hydrogens (tertiary/aromatic N) is 2. The Bertz CT molecular complexity index is 1180. The lowest BCUT2D eigenvalue weighted by Gasteiger charge is -2.73. The molecule has 6 rings (SSSR count). The number of amides is 1. The molecule has 2 aromatic rings. The van der Waals surface area contributed by atoms with Gasteiger partial charge in [-0.3, -0.25) is 4.79 Å². The van der Waals surface area contributed by atoms with Crippen LogP contribution in [-0.4, -0.2) is 62.3 Å². The third-order valence-corrected chi connectivity index (χ3v) is 8.14. The van der Waals surface area contributed by atoms with E-state index in [9.17, 15) is 18.0 Å². The SMILES string of the molecule is C[C@@H](NC(=O)c1cc(N2CCOCC2)c(F)cc1NC12CC(N(C)C)(C1)C2)c1cccc(C(F)F)c1F.